The topological polar surface area (TPSA) is 77.4 Å². The Morgan fingerprint density at radius 2 is 2.12 bits per heavy atom. The number of amides is 1. The van der Waals surface area contributed by atoms with Crippen LogP contribution in [0.1, 0.15) is 35.4 Å². The van der Waals surface area contributed by atoms with Gasteiger partial charge in [0.25, 0.3) is 5.91 Å². The number of nitrogens with zero attached hydrogens (tertiary/aromatic N) is 4. The minimum atomic E-state index is -0.169. The second-order valence-corrected chi connectivity index (χ2v) is 6.84. The Kier molecular flexibility index (Phi) is 4.90. The number of aromatic nitrogens is 3. The number of hydrogen-bond donors (Lipinski definition) is 0. The highest BCUT2D eigenvalue weighted by Gasteiger charge is 2.44. The predicted octanol–water partition coefficient (Wildman–Crippen LogP) is 1.85. The van der Waals surface area contributed by atoms with E-state index in [-0.39, 0.29) is 17.6 Å². The smallest absolute Gasteiger partial charge is 0.272 e. The van der Waals surface area contributed by atoms with Gasteiger partial charge < -0.3 is 14.4 Å². The third-order valence-corrected chi connectivity index (χ3v) is 5.13. The zero-order valence-corrected chi connectivity index (χ0v) is 14.6. The molecule has 4 heterocycles. The lowest BCUT2D eigenvalue weighted by atomic mass is 9.88. The van der Waals surface area contributed by atoms with Crippen LogP contribution in [0.4, 0.5) is 0 Å². The molecule has 4 rings (SSSR count). The van der Waals surface area contributed by atoms with Crippen LogP contribution in [0.25, 0.3) is 0 Å². The van der Waals surface area contributed by atoms with Crippen molar-refractivity contribution in [1.29, 1.82) is 0 Å². The molecule has 1 atom stereocenters. The minimum absolute atomic E-state index is 0.0387. The van der Waals surface area contributed by atoms with Gasteiger partial charge in [0.15, 0.2) is 0 Å². The fourth-order valence-electron chi connectivity index (χ4n) is 3.64. The largest absolute Gasteiger partial charge is 0.372 e. The van der Waals surface area contributed by atoms with E-state index in [2.05, 4.69) is 15.0 Å². The van der Waals surface area contributed by atoms with Crippen molar-refractivity contribution in [3.8, 4) is 0 Å². The molecule has 2 fully saturated rings. The summed E-state index contributed by atoms with van der Waals surface area (Å²) in [6.07, 6.45) is 7.38. The summed E-state index contributed by atoms with van der Waals surface area (Å²) in [6, 6.07) is 7.47. The van der Waals surface area contributed by atoms with Crippen molar-refractivity contribution in [3.63, 3.8) is 0 Å². The molecule has 26 heavy (non-hydrogen) atoms. The van der Waals surface area contributed by atoms with E-state index in [0.29, 0.717) is 32.0 Å². The predicted molar refractivity (Wildman–Crippen MR) is 93.3 cm³/mol. The van der Waals surface area contributed by atoms with Gasteiger partial charge in [-0.2, -0.15) is 0 Å². The van der Waals surface area contributed by atoms with Crippen molar-refractivity contribution in [2.75, 3.05) is 19.7 Å². The average Bonchev–Trinajstić information content (AvgIpc) is 3.10. The molecule has 0 aliphatic carbocycles. The van der Waals surface area contributed by atoms with Crippen molar-refractivity contribution < 1.29 is 14.3 Å². The van der Waals surface area contributed by atoms with Crippen LogP contribution < -0.4 is 0 Å². The number of pyridine rings is 1. The zero-order valence-electron chi connectivity index (χ0n) is 14.6. The molecule has 0 radical (unpaired) electrons. The second-order valence-electron chi connectivity index (χ2n) is 6.84. The van der Waals surface area contributed by atoms with Crippen molar-refractivity contribution in [3.05, 3.63) is 54.4 Å². The molecule has 2 aliphatic rings. The van der Waals surface area contributed by atoms with Crippen molar-refractivity contribution >= 4 is 5.91 Å². The highest BCUT2D eigenvalue weighted by Crippen LogP contribution is 2.37. The van der Waals surface area contributed by atoms with Gasteiger partial charge in [0.05, 0.1) is 30.6 Å². The van der Waals surface area contributed by atoms with E-state index in [4.69, 9.17) is 9.47 Å². The molecular weight excluding hydrogens is 332 g/mol. The first kappa shape index (κ1) is 17.1. The standard InChI is InChI=1S/C19H22N4O3/c24-18(17-4-8-20-14-22-17)23-9-5-19(6-10-23)11-16(13-26-19)25-12-15-3-1-2-7-21-15/h1-4,7-8,14,16H,5-6,9-13H2/t16-/m1/s1. The number of likely N-dealkylation sites (tertiary alicyclic amines) is 1. The molecule has 0 saturated carbocycles. The highest BCUT2D eigenvalue weighted by atomic mass is 16.6. The Morgan fingerprint density at radius 3 is 2.85 bits per heavy atom. The fraction of sp³-hybridized carbons (Fsp3) is 0.474. The lowest BCUT2D eigenvalue weighted by molar-refractivity contribution is -0.0413. The molecule has 136 valence electrons. The number of rotatable bonds is 4. The maximum Gasteiger partial charge on any atom is 0.272 e. The van der Waals surface area contributed by atoms with Gasteiger partial charge in [-0.1, -0.05) is 6.07 Å². The number of piperidine rings is 1. The Balaban J connectivity index is 1.28. The number of carbonyl (C=O) groups excluding carboxylic acids is 1. The summed E-state index contributed by atoms with van der Waals surface area (Å²) in [7, 11) is 0. The van der Waals surface area contributed by atoms with E-state index >= 15 is 0 Å². The molecule has 1 spiro atoms. The zero-order chi connectivity index (χ0) is 17.8. The van der Waals surface area contributed by atoms with Gasteiger partial charge in [0.1, 0.15) is 12.0 Å². The van der Waals surface area contributed by atoms with Crippen LogP contribution in [0.5, 0.6) is 0 Å². The lowest BCUT2D eigenvalue weighted by Gasteiger charge is -2.38. The fourth-order valence-corrected chi connectivity index (χ4v) is 3.64. The number of hydrogen-bond acceptors (Lipinski definition) is 6. The van der Waals surface area contributed by atoms with Gasteiger partial charge in [-0.05, 0) is 31.0 Å². The normalized spacial score (nSPS) is 21.8. The third-order valence-electron chi connectivity index (χ3n) is 5.13. The maximum atomic E-state index is 12.5. The Bertz CT molecular complexity index is 733. The molecule has 0 aromatic carbocycles. The van der Waals surface area contributed by atoms with Crippen LogP contribution in [0.15, 0.2) is 43.0 Å². The number of carbonyl (C=O) groups is 1. The van der Waals surface area contributed by atoms with E-state index in [1.54, 1.807) is 18.5 Å². The van der Waals surface area contributed by atoms with E-state index < -0.39 is 0 Å². The second kappa shape index (κ2) is 7.47. The summed E-state index contributed by atoms with van der Waals surface area (Å²) in [5.74, 6) is -0.0387. The van der Waals surface area contributed by atoms with Crippen molar-refractivity contribution in [1.82, 2.24) is 19.9 Å². The van der Waals surface area contributed by atoms with E-state index in [1.807, 2.05) is 23.1 Å². The summed E-state index contributed by atoms with van der Waals surface area (Å²) in [6.45, 7) is 2.46. The molecule has 2 aromatic rings. The molecule has 0 N–H and O–H groups in total. The highest BCUT2D eigenvalue weighted by molar-refractivity contribution is 5.92. The van der Waals surface area contributed by atoms with Gasteiger partial charge in [-0.25, -0.2) is 9.97 Å². The van der Waals surface area contributed by atoms with Gasteiger partial charge >= 0.3 is 0 Å². The van der Waals surface area contributed by atoms with Gasteiger partial charge in [-0.3, -0.25) is 9.78 Å². The molecular formula is C19H22N4O3. The Hall–Kier alpha value is -2.38. The first-order valence-electron chi connectivity index (χ1n) is 8.95. The van der Waals surface area contributed by atoms with E-state index in [0.717, 1.165) is 25.0 Å². The van der Waals surface area contributed by atoms with E-state index in [1.165, 1.54) is 6.33 Å². The molecule has 2 aromatic heterocycles. The lowest BCUT2D eigenvalue weighted by Crippen LogP contribution is -2.46. The Labute approximate surface area is 152 Å². The number of ether oxygens (including phenoxy) is 2. The monoisotopic (exact) mass is 354 g/mol. The first-order chi connectivity index (χ1) is 12.7. The maximum absolute atomic E-state index is 12.5. The molecule has 2 saturated heterocycles. The summed E-state index contributed by atoms with van der Waals surface area (Å²) >= 11 is 0. The van der Waals surface area contributed by atoms with E-state index in [9.17, 15) is 4.79 Å². The van der Waals surface area contributed by atoms with Gasteiger partial charge in [0.2, 0.25) is 0 Å². The van der Waals surface area contributed by atoms with Crippen LogP contribution in [-0.4, -0.2) is 57.2 Å². The van der Waals surface area contributed by atoms with Crippen LogP contribution in [0.2, 0.25) is 0 Å². The molecule has 0 bridgehead atoms. The SMILES string of the molecule is O=C(c1ccncn1)N1CCC2(CC1)C[C@@H](OCc1ccccn1)CO2. The van der Waals surface area contributed by atoms with Crippen LogP contribution >= 0.6 is 0 Å². The first-order valence-corrected chi connectivity index (χ1v) is 8.95. The minimum Gasteiger partial charge on any atom is -0.372 e. The molecule has 2 aliphatic heterocycles. The quantitative estimate of drug-likeness (QED) is 0.834. The van der Waals surface area contributed by atoms with Crippen LogP contribution in [0, 0.1) is 0 Å². The van der Waals surface area contributed by atoms with Gasteiger partial charge in [0, 0.05) is 31.9 Å². The molecule has 0 unspecified atom stereocenters. The average molecular weight is 354 g/mol. The summed E-state index contributed by atoms with van der Waals surface area (Å²) in [5.41, 5.74) is 1.20. The molecule has 1 amide bonds. The molecule has 7 heteroatoms. The van der Waals surface area contributed by atoms with Crippen LogP contribution in [0.3, 0.4) is 0 Å². The summed E-state index contributed by atoms with van der Waals surface area (Å²) in [5, 5.41) is 0. The Morgan fingerprint density at radius 1 is 1.23 bits per heavy atom. The van der Waals surface area contributed by atoms with Crippen molar-refractivity contribution in [2.24, 2.45) is 0 Å². The summed E-state index contributed by atoms with van der Waals surface area (Å²) in [4.78, 5) is 26.5. The van der Waals surface area contributed by atoms with Crippen LogP contribution in [-0.2, 0) is 16.1 Å². The van der Waals surface area contributed by atoms with Crippen molar-refractivity contribution in [2.45, 2.75) is 37.6 Å². The molecule has 7 nitrogen and oxygen atoms in total. The van der Waals surface area contributed by atoms with Gasteiger partial charge in [-0.15, -0.1) is 0 Å². The summed E-state index contributed by atoms with van der Waals surface area (Å²) < 4.78 is 12.1. The third kappa shape index (κ3) is 3.73.